The number of rotatable bonds is 3. The first kappa shape index (κ1) is 14.4. The Hall–Kier alpha value is -2.56. The lowest BCUT2D eigenvalue weighted by atomic mass is 10.0. The Kier molecular flexibility index (Phi) is 3.71. The van der Waals surface area contributed by atoms with Gasteiger partial charge in [0.2, 0.25) is 0 Å². The van der Waals surface area contributed by atoms with Gasteiger partial charge in [0.25, 0.3) is 0 Å². The van der Waals surface area contributed by atoms with Gasteiger partial charge in [-0.3, -0.25) is 4.98 Å². The standard InChI is InChI=1S/C17H21N5/c1-4-12-7-8-13-16(19-3)14(18)10-22(17(13)21-12)15-6-5-9-20-11(15)2/h5-9,19H,4,10,18H2,1-3H3. The van der Waals surface area contributed by atoms with Crippen molar-refractivity contribution < 1.29 is 0 Å². The topological polar surface area (TPSA) is 67.1 Å². The van der Waals surface area contributed by atoms with Crippen molar-refractivity contribution in [2.24, 2.45) is 5.73 Å². The fourth-order valence-corrected chi connectivity index (χ4v) is 2.84. The van der Waals surface area contributed by atoms with Gasteiger partial charge in [0.05, 0.1) is 29.3 Å². The number of nitrogens with two attached hydrogens (primary N) is 1. The van der Waals surface area contributed by atoms with Gasteiger partial charge in [0, 0.05) is 24.5 Å². The number of hydrogen-bond acceptors (Lipinski definition) is 5. The van der Waals surface area contributed by atoms with Gasteiger partial charge in [-0.25, -0.2) is 4.98 Å². The SMILES string of the molecule is CCc1ccc2c(n1)N(c1cccnc1C)CC(N)=C2NC. The van der Waals surface area contributed by atoms with E-state index in [1.165, 1.54) is 0 Å². The van der Waals surface area contributed by atoms with E-state index in [9.17, 15) is 0 Å². The maximum Gasteiger partial charge on any atom is 0.143 e. The summed E-state index contributed by atoms with van der Waals surface area (Å²) in [7, 11) is 1.89. The zero-order chi connectivity index (χ0) is 15.7. The molecule has 0 saturated carbocycles. The van der Waals surface area contributed by atoms with Gasteiger partial charge in [0.15, 0.2) is 0 Å². The van der Waals surface area contributed by atoms with Crippen molar-refractivity contribution in [3.05, 3.63) is 53.1 Å². The molecule has 0 spiro atoms. The van der Waals surface area contributed by atoms with Crippen molar-refractivity contribution in [3.8, 4) is 0 Å². The Labute approximate surface area is 130 Å². The third kappa shape index (κ3) is 2.28. The number of fused-ring (bicyclic) bond motifs is 1. The van der Waals surface area contributed by atoms with Crippen LogP contribution in [0.2, 0.25) is 0 Å². The quantitative estimate of drug-likeness (QED) is 0.910. The van der Waals surface area contributed by atoms with E-state index in [0.717, 1.165) is 46.3 Å². The molecule has 3 N–H and O–H groups in total. The smallest absolute Gasteiger partial charge is 0.143 e. The molecule has 114 valence electrons. The lowest BCUT2D eigenvalue weighted by Gasteiger charge is -2.32. The fourth-order valence-electron chi connectivity index (χ4n) is 2.84. The highest BCUT2D eigenvalue weighted by Gasteiger charge is 2.26. The highest BCUT2D eigenvalue weighted by atomic mass is 15.2. The average Bonchev–Trinajstić information content (AvgIpc) is 2.54. The van der Waals surface area contributed by atoms with E-state index >= 15 is 0 Å². The van der Waals surface area contributed by atoms with Crippen LogP contribution in [0.5, 0.6) is 0 Å². The summed E-state index contributed by atoms with van der Waals surface area (Å²) in [5.41, 5.74) is 12.2. The van der Waals surface area contributed by atoms with E-state index in [1.807, 2.05) is 20.0 Å². The second kappa shape index (κ2) is 5.67. The Balaban J connectivity index is 2.20. The molecular formula is C17H21N5. The van der Waals surface area contributed by atoms with Gasteiger partial charge in [-0.15, -0.1) is 0 Å². The number of aromatic nitrogens is 2. The monoisotopic (exact) mass is 295 g/mol. The molecule has 0 amide bonds. The molecule has 0 aliphatic carbocycles. The van der Waals surface area contributed by atoms with Gasteiger partial charge in [-0.2, -0.15) is 0 Å². The summed E-state index contributed by atoms with van der Waals surface area (Å²) in [5, 5.41) is 3.21. The van der Waals surface area contributed by atoms with Crippen molar-refractivity contribution in [2.75, 3.05) is 18.5 Å². The summed E-state index contributed by atoms with van der Waals surface area (Å²) < 4.78 is 0. The van der Waals surface area contributed by atoms with Gasteiger partial charge >= 0.3 is 0 Å². The van der Waals surface area contributed by atoms with Gasteiger partial charge in [0.1, 0.15) is 5.82 Å². The number of aryl methyl sites for hydroxylation is 2. The summed E-state index contributed by atoms with van der Waals surface area (Å²) in [6.07, 6.45) is 2.71. The first-order valence-electron chi connectivity index (χ1n) is 7.51. The maximum atomic E-state index is 6.28. The molecule has 1 aliphatic rings. The third-order valence-corrected chi connectivity index (χ3v) is 3.99. The van der Waals surface area contributed by atoms with Crippen LogP contribution in [-0.2, 0) is 6.42 Å². The third-order valence-electron chi connectivity index (χ3n) is 3.99. The average molecular weight is 295 g/mol. The van der Waals surface area contributed by atoms with Crippen LogP contribution in [0.1, 0.15) is 23.9 Å². The number of anilines is 2. The van der Waals surface area contributed by atoms with Crippen LogP contribution >= 0.6 is 0 Å². The summed E-state index contributed by atoms with van der Waals surface area (Å²) in [5.74, 6) is 0.939. The molecule has 3 rings (SSSR count). The van der Waals surface area contributed by atoms with Crippen molar-refractivity contribution in [2.45, 2.75) is 20.3 Å². The molecule has 0 bridgehead atoms. The summed E-state index contributed by atoms with van der Waals surface area (Å²) >= 11 is 0. The van der Waals surface area contributed by atoms with E-state index in [0.29, 0.717) is 6.54 Å². The summed E-state index contributed by atoms with van der Waals surface area (Å²) in [6.45, 7) is 4.72. The first-order valence-corrected chi connectivity index (χ1v) is 7.51. The molecule has 2 aromatic heterocycles. The molecule has 2 aromatic rings. The summed E-state index contributed by atoms with van der Waals surface area (Å²) in [6, 6.07) is 8.16. The van der Waals surface area contributed by atoms with Crippen molar-refractivity contribution in [1.29, 1.82) is 0 Å². The van der Waals surface area contributed by atoms with Crippen molar-refractivity contribution in [3.63, 3.8) is 0 Å². The lowest BCUT2D eigenvalue weighted by molar-refractivity contribution is 0.905. The molecule has 0 atom stereocenters. The van der Waals surface area contributed by atoms with Crippen LogP contribution < -0.4 is 16.0 Å². The molecule has 0 unspecified atom stereocenters. The molecule has 0 saturated heterocycles. The molecule has 1 aliphatic heterocycles. The minimum atomic E-state index is 0.607. The Morgan fingerprint density at radius 3 is 2.82 bits per heavy atom. The first-order chi connectivity index (χ1) is 10.7. The van der Waals surface area contributed by atoms with Crippen LogP contribution in [0.15, 0.2) is 36.2 Å². The molecule has 3 heterocycles. The molecule has 0 radical (unpaired) electrons. The molecule has 0 fully saturated rings. The number of pyridine rings is 2. The Morgan fingerprint density at radius 1 is 1.32 bits per heavy atom. The summed E-state index contributed by atoms with van der Waals surface area (Å²) in [4.78, 5) is 11.4. The van der Waals surface area contributed by atoms with Crippen molar-refractivity contribution in [1.82, 2.24) is 15.3 Å². The van der Waals surface area contributed by atoms with Crippen LogP contribution in [0.4, 0.5) is 11.5 Å². The Morgan fingerprint density at radius 2 is 2.14 bits per heavy atom. The molecule has 5 nitrogen and oxygen atoms in total. The number of nitrogens with one attached hydrogen (secondary N) is 1. The predicted octanol–water partition coefficient (Wildman–Crippen LogP) is 2.35. The second-order valence-corrected chi connectivity index (χ2v) is 5.37. The van der Waals surface area contributed by atoms with Crippen LogP contribution in [0, 0.1) is 6.92 Å². The second-order valence-electron chi connectivity index (χ2n) is 5.37. The van der Waals surface area contributed by atoms with Crippen molar-refractivity contribution >= 4 is 17.2 Å². The highest BCUT2D eigenvalue weighted by molar-refractivity contribution is 5.83. The van der Waals surface area contributed by atoms with E-state index in [-0.39, 0.29) is 0 Å². The maximum absolute atomic E-state index is 6.28. The zero-order valence-corrected chi connectivity index (χ0v) is 13.2. The normalized spacial score (nSPS) is 14.0. The van der Waals surface area contributed by atoms with E-state index in [2.05, 4.69) is 40.3 Å². The molecular weight excluding hydrogens is 274 g/mol. The number of hydrogen-bond donors (Lipinski definition) is 2. The Bertz CT molecular complexity index is 736. The largest absolute Gasteiger partial charge is 0.399 e. The molecule has 5 heteroatoms. The van der Waals surface area contributed by atoms with E-state index in [4.69, 9.17) is 10.7 Å². The lowest BCUT2D eigenvalue weighted by Crippen LogP contribution is -2.33. The van der Waals surface area contributed by atoms with E-state index < -0.39 is 0 Å². The molecule has 0 aromatic carbocycles. The van der Waals surface area contributed by atoms with Crippen LogP contribution in [-0.4, -0.2) is 23.6 Å². The van der Waals surface area contributed by atoms with Gasteiger partial charge in [-0.1, -0.05) is 6.92 Å². The highest BCUT2D eigenvalue weighted by Crippen LogP contribution is 2.36. The predicted molar refractivity (Wildman–Crippen MR) is 89.8 cm³/mol. The van der Waals surface area contributed by atoms with E-state index in [1.54, 1.807) is 6.20 Å². The van der Waals surface area contributed by atoms with Gasteiger partial charge in [-0.05, 0) is 37.6 Å². The zero-order valence-electron chi connectivity index (χ0n) is 13.2. The number of nitrogens with zero attached hydrogens (tertiary/aromatic N) is 3. The minimum Gasteiger partial charge on any atom is -0.399 e. The van der Waals surface area contributed by atoms with Crippen LogP contribution in [0.3, 0.4) is 0 Å². The minimum absolute atomic E-state index is 0.607. The molecule has 22 heavy (non-hydrogen) atoms. The fraction of sp³-hybridized carbons (Fsp3) is 0.294. The van der Waals surface area contributed by atoms with Crippen LogP contribution in [0.25, 0.3) is 5.70 Å². The van der Waals surface area contributed by atoms with Gasteiger partial charge < -0.3 is 16.0 Å².